The lowest BCUT2D eigenvalue weighted by atomic mass is 10.1. The van der Waals surface area contributed by atoms with Gasteiger partial charge < -0.3 is 9.73 Å². The Morgan fingerprint density at radius 1 is 1.32 bits per heavy atom. The molecule has 0 fully saturated rings. The van der Waals surface area contributed by atoms with Crippen molar-refractivity contribution in [1.29, 1.82) is 0 Å². The van der Waals surface area contributed by atoms with E-state index in [0.29, 0.717) is 12.0 Å². The molecule has 2 rings (SSSR count). The Balaban J connectivity index is 2.32. The summed E-state index contributed by atoms with van der Waals surface area (Å²) in [5.41, 5.74) is 2.33. The van der Waals surface area contributed by atoms with E-state index >= 15 is 0 Å². The molecular formula is C15H22N2OS. The van der Waals surface area contributed by atoms with Crippen molar-refractivity contribution in [3.63, 3.8) is 0 Å². The van der Waals surface area contributed by atoms with E-state index in [4.69, 9.17) is 9.40 Å². The lowest BCUT2D eigenvalue weighted by Crippen LogP contribution is -2.22. The molecular weight excluding hydrogens is 256 g/mol. The van der Waals surface area contributed by atoms with Crippen LogP contribution in [0, 0.1) is 6.92 Å². The van der Waals surface area contributed by atoms with Crippen LogP contribution in [0.5, 0.6) is 0 Å². The van der Waals surface area contributed by atoms with E-state index in [1.807, 2.05) is 6.07 Å². The number of thiazole rings is 1. The summed E-state index contributed by atoms with van der Waals surface area (Å²) in [5.74, 6) is 1.34. The Morgan fingerprint density at radius 2 is 2.05 bits per heavy atom. The predicted molar refractivity (Wildman–Crippen MR) is 80.6 cm³/mol. The molecule has 0 aliphatic rings. The molecule has 2 aromatic rings. The minimum Gasteiger partial charge on any atom is -0.462 e. The Morgan fingerprint density at radius 3 is 2.58 bits per heavy atom. The first-order chi connectivity index (χ1) is 8.99. The van der Waals surface area contributed by atoms with E-state index in [0.717, 1.165) is 22.9 Å². The van der Waals surface area contributed by atoms with Gasteiger partial charge in [0.05, 0.1) is 12.0 Å². The topological polar surface area (TPSA) is 38.1 Å². The van der Waals surface area contributed by atoms with Crippen molar-refractivity contribution < 1.29 is 4.42 Å². The summed E-state index contributed by atoms with van der Waals surface area (Å²) in [6.07, 6.45) is 1.73. The van der Waals surface area contributed by atoms with E-state index in [1.165, 1.54) is 10.6 Å². The third-order valence-electron chi connectivity index (χ3n) is 3.00. The van der Waals surface area contributed by atoms with E-state index in [-0.39, 0.29) is 0 Å². The van der Waals surface area contributed by atoms with Gasteiger partial charge in [0.15, 0.2) is 10.8 Å². The molecule has 19 heavy (non-hydrogen) atoms. The average molecular weight is 278 g/mol. The molecule has 0 saturated carbocycles. The SMILES string of the molecule is Cc1ccoc1-c1nc(C(C)C)c(CNC(C)C)s1. The molecule has 4 heteroatoms. The standard InChI is InChI=1S/C15H22N2OS/c1-9(2)13-12(8-16-10(3)4)19-15(17-13)14-11(5)6-7-18-14/h6-7,9-10,16H,8H2,1-5H3. The first-order valence-corrected chi connectivity index (χ1v) is 7.58. The van der Waals surface area contributed by atoms with Gasteiger partial charge in [-0.1, -0.05) is 27.7 Å². The minimum atomic E-state index is 0.434. The number of hydrogen-bond donors (Lipinski definition) is 1. The Bertz CT molecular complexity index is 540. The summed E-state index contributed by atoms with van der Waals surface area (Å²) in [4.78, 5) is 6.09. The molecule has 0 radical (unpaired) electrons. The molecule has 3 nitrogen and oxygen atoms in total. The highest BCUT2D eigenvalue weighted by Crippen LogP contribution is 2.33. The van der Waals surface area contributed by atoms with Crippen molar-refractivity contribution >= 4 is 11.3 Å². The molecule has 1 N–H and O–H groups in total. The number of aryl methyl sites for hydroxylation is 1. The molecule has 0 bridgehead atoms. The fourth-order valence-electron chi connectivity index (χ4n) is 1.93. The molecule has 0 atom stereocenters. The molecule has 2 aromatic heterocycles. The van der Waals surface area contributed by atoms with Crippen molar-refractivity contribution in [2.75, 3.05) is 0 Å². The van der Waals surface area contributed by atoms with Gasteiger partial charge in [-0.25, -0.2) is 4.98 Å². The molecule has 104 valence electrons. The van der Waals surface area contributed by atoms with Crippen LogP contribution in [-0.4, -0.2) is 11.0 Å². The summed E-state index contributed by atoms with van der Waals surface area (Å²) in [6.45, 7) is 11.6. The average Bonchev–Trinajstić information content (AvgIpc) is 2.91. The maximum absolute atomic E-state index is 5.55. The molecule has 0 saturated heterocycles. The normalized spacial score (nSPS) is 11.7. The van der Waals surface area contributed by atoms with E-state index in [9.17, 15) is 0 Å². The molecule has 0 amide bonds. The summed E-state index contributed by atoms with van der Waals surface area (Å²) in [7, 11) is 0. The third-order valence-corrected chi connectivity index (χ3v) is 4.07. The van der Waals surface area contributed by atoms with Crippen LogP contribution in [0.3, 0.4) is 0 Å². The van der Waals surface area contributed by atoms with Gasteiger partial charge in [-0.05, 0) is 24.5 Å². The Kier molecular flexibility index (Phi) is 4.42. The van der Waals surface area contributed by atoms with Crippen LogP contribution in [0.4, 0.5) is 0 Å². The van der Waals surface area contributed by atoms with E-state index < -0.39 is 0 Å². The lowest BCUT2D eigenvalue weighted by Gasteiger charge is -2.09. The van der Waals surface area contributed by atoms with Crippen molar-refractivity contribution in [1.82, 2.24) is 10.3 Å². The van der Waals surface area contributed by atoms with Crippen LogP contribution in [0.15, 0.2) is 16.7 Å². The second-order valence-electron chi connectivity index (χ2n) is 5.45. The highest BCUT2D eigenvalue weighted by Gasteiger charge is 2.18. The zero-order valence-electron chi connectivity index (χ0n) is 12.3. The second-order valence-corrected chi connectivity index (χ2v) is 6.53. The predicted octanol–water partition coefficient (Wildman–Crippen LogP) is 4.33. The number of aromatic nitrogens is 1. The van der Waals surface area contributed by atoms with Crippen molar-refractivity contribution in [2.45, 2.75) is 53.1 Å². The zero-order chi connectivity index (χ0) is 14.0. The molecule has 0 unspecified atom stereocenters. The number of rotatable bonds is 5. The number of nitrogens with zero attached hydrogens (tertiary/aromatic N) is 1. The molecule has 0 aliphatic heterocycles. The van der Waals surface area contributed by atoms with Gasteiger partial charge in [-0.3, -0.25) is 0 Å². The largest absolute Gasteiger partial charge is 0.462 e. The zero-order valence-corrected chi connectivity index (χ0v) is 13.1. The van der Waals surface area contributed by atoms with Crippen LogP contribution < -0.4 is 5.32 Å². The van der Waals surface area contributed by atoms with E-state index in [1.54, 1.807) is 17.6 Å². The first-order valence-electron chi connectivity index (χ1n) is 6.76. The minimum absolute atomic E-state index is 0.434. The Labute approximate surface area is 119 Å². The number of nitrogens with one attached hydrogen (secondary N) is 1. The fraction of sp³-hybridized carbons (Fsp3) is 0.533. The summed E-state index contributed by atoms with van der Waals surface area (Å²) < 4.78 is 5.55. The van der Waals surface area contributed by atoms with Gasteiger partial charge in [-0.15, -0.1) is 11.3 Å². The monoisotopic (exact) mass is 278 g/mol. The second kappa shape index (κ2) is 5.88. The quantitative estimate of drug-likeness (QED) is 0.884. The van der Waals surface area contributed by atoms with Gasteiger partial charge in [0.25, 0.3) is 0 Å². The van der Waals surface area contributed by atoms with Gasteiger partial charge in [0, 0.05) is 17.5 Å². The summed E-state index contributed by atoms with van der Waals surface area (Å²) in [6, 6.07) is 2.47. The first kappa shape index (κ1) is 14.3. The van der Waals surface area contributed by atoms with Crippen LogP contribution in [0.1, 0.15) is 49.7 Å². The summed E-state index contributed by atoms with van der Waals surface area (Å²) >= 11 is 1.73. The van der Waals surface area contributed by atoms with Gasteiger partial charge in [0.1, 0.15) is 0 Å². The van der Waals surface area contributed by atoms with E-state index in [2.05, 4.69) is 39.9 Å². The van der Waals surface area contributed by atoms with Crippen LogP contribution in [-0.2, 0) is 6.54 Å². The lowest BCUT2D eigenvalue weighted by molar-refractivity contribution is 0.579. The van der Waals surface area contributed by atoms with Gasteiger partial charge in [-0.2, -0.15) is 0 Å². The third kappa shape index (κ3) is 3.25. The van der Waals surface area contributed by atoms with Crippen molar-refractivity contribution in [3.8, 4) is 10.8 Å². The molecule has 0 aliphatic carbocycles. The van der Waals surface area contributed by atoms with Crippen molar-refractivity contribution in [2.24, 2.45) is 0 Å². The number of furan rings is 1. The van der Waals surface area contributed by atoms with Crippen LogP contribution in [0.25, 0.3) is 10.8 Å². The van der Waals surface area contributed by atoms with Crippen molar-refractivity contribution in [3.05, 3.63) is 28.5 Å². The van der Waals surface area contributed by atoms with Gasteiger partial charge >= 0.3 is 0 Å². The highest BCUT2D eigenvalue weighted by atomic mass is 32.1. The number of hydrogen-bond acceptors (Lipinski definition) is 4. The van der Waals surface area contributed by atoms with Gasteiger partial charge in [0.2, 0.25) is 0 Å². The molecule has 0 aromatic carbocycles. The smallest absolute Gasteiger partial charge is 0.165 e. The maximum atomic E-state index is 5.55. The fourth-order valence-corrected chi connectivity index (χ4v) is 3.15. The Hall–Kier alpha value is -1.13. The summed E-state index contributed by atoms with van der Waals surface area (Å²) in [5, 5.41) is 4.46. The van der Waals surface area contributed by atoms with Crippen LogP contribution >= 0.6 is 11.3 Å². The molecule has 0 spiro atoms. The maximum Gasteiger partial charge on any atom is 0.165 e. The highest BCUT2D eigenvalue weighted by molar-refractivity contribution is 7.15. The molecule has 2 heterocycles. The van der Waals surface area contributed by atoms with Crippen LogP contribution in [0.2, 0.25) is 0 Å².